The molecular formula is C11H15NO4S. The van der Waals surface area contributed by atoms with E-state index in [1.165, 1.54) is 12.1 Å². The van der Waals surface area contributed by atoms with Gasteiger partial charge in [-0.3, -0.25) is 0 Å². The minimum absolute atomic E-state index is 0.0236. The first-order chi connectivity index (χ1) is 8.02. The third-order valence-corrected chi connectivity index (χ3v) is 4.14. The van der Waals surface area contributed by atoms with Crippen LogP contribution in [0, 0.1) is 0 Å². The lowest BCUT2D eigenvalue weighted by atomic mass is 10.1. The highest BCUT2D eigenvalue weighted by Gasteiger charge is 2.33. The van der Waals surface area contributed by atoms with Gasteiger partial charge in [0.15, 0.2) is 0 Å². The van der Waals surface area contributed by atoms with Gasteiger partial charge in [0.1, 0.15) is 5.60 Å². The summed E-state index contributed by atoms with van der Waals surface area (Å²) in [6.07, 6.45) is 0.449. The number of hydrogen-bond donors (Lipinski definition) is 2. The van der Waals surface area contributed by atoms with Crippen molar-refractivity contribution in [3.63, 3.8) is 0 Å². The van der Waals surface area contributed by atoms with E-state index in [0.717, 1.165) is 0 Å². The summed E-state index contributed by atoms with van der Waals surface area (Å²) in [5.74, 6) is 0. The smallest absolute Gasteiger partial charge is 0.240 e. The van der Waals surface area contributed by atoms with E-state index < -0.39 is 15.6 Å². The lowest BCUT2D eigenvalue weighted by Gasteiger charge is -2.20. The van der Waals surface area contributed by atoms with Crippen LogP contribution in [0.15, 0.2) is 35.2 Å². The fraction of sp³-hybridized carbons (Fsp3) is 0.455. The molecular weight excluding hydrogens is 242 g/mol. The van der Waals surface area contributed by atoms with Crippen LogP contribution in [0.3, 0.4) is 0 Å². The standard InChI is InChI=1S/C11H15NO4S/c13-11(6-7-16-9-11)8-12-17(14,15)10-4-2-1-3-5-10/h1-5,12-13H,6-9H2/t11-/m0/s1. The van der Waals surface area contributed by atoms with Crippen LogP contribution in [0.1, 0.15) is 6.42 Å². The zero-order chi connectivity index (χ0) is 12.4. The highest BCUT2D eigenvalue weighted by atomic mass is 32.2. The molecule has 1 fully saturated rings. The summed E-state index contributed by atoms with van der Waals surface area (Å²) >= 11 is 0. The molecule has 1 atom stereocenters. The van der Waals surface area contributed by atoms with Crippen molar-refractivity contribution >= 4 is 10.0 Å². The predicted molar refractivity (Wildman–Crippen MR) is 62.0 cm³/mol. The monoisotopic (exact) mass is 257 g/mol. The maximum absolute atomic E-state index is 11.9. The van der Waals surface area contributed by atoms with E-state index in [9.17, 15) is 13.5 Å². The summed E-state index contributed by atoms with van der Waals surface area (Å²) in [6, 6.07) is 8.08. The van der Waals surface area contributed by atoms with Gasteiger partial charge in [-0.05, 0) is 12.1 Å². The molecule has 5 nitrogen and oxygen atoms in total. The molecule has 0 aromatic heterocycles. The molecule has 2 rings (SSSR count). The molecule has 17 heavy (non-hydrogen) atoms. The average Bonchev–Trinajstić information content (AvgIpc) is 2.76. The predicted octanol–water partition coefficient (Wildman–Crippen LogP) is 0.116. The van der Waals surface area contributed by atoms with E-state index in [-0.39, 0.29) is 18.0 Å². The Balaban J connectivity index is 2.04. The fourth-order valence-electron chi connectivity index (χ4n) is 1.65. The first kappa shape index (κ1) is 12.5. The van der Waals surface area contributed by atoms with Gasteiger partial charge in [0, 0.05) is 19.6 Å². The number of nitrogens with one attached hydrogen (secondary N) is 1. The number of ether oxygens (including phenoxy) is 1. The Kier molecular flexibility index (Phi) is 3.48. The van der Waals surface area contributed by atoms with Crippen molar-refractivity contribution in [1.82, 2.24) is 4.72 Å². The number of aliphatic hydroxyl groups is 1. The summed E-state index contributed by atoms with van der Waals surface area (Å²) in [5.41, 5.74) is -1.08. The topological polar surface area (TPSA) is 75.6 Å². The van der Waals surface area contributed by atoms with Crippen LogP contribution in [-0.4, -0.2) is 38.9 Å². The zero-order valence-electron chi connectivity index (χ0n) is 9.30. The second-order valence-corrected chi connectivity index (χ2v) is 5.93. The Morgan fingerprint density at radius 2 is 2.06 bits per heavy atom. The van der Waals surface area contributed by atoms with Gasteiger partial charge >= 0.3 is 0 Å². The van der Waals surface area contributed by atoms with Gasteiger partial charge in [-0.25, -0.2) is 13.1 Å². The average molecular weight is 257 g/mol. The summed E-state index contributed by atoms with van der Waals surface area (Å²) in [7, 11) is -3.55. The Labute approximate surface area is 100 Å². The SMILES string of the molecule is O=S(=O)(NC[C@@]1(O)CCOC1)c1ccccc1. The largest absolute Gasteiger partial charge is 0.386 e. The zero-order valence-corrected chi connectivity index (χ0v) is 10.1. The third-order valence-electron chi connectivity index (χ3n) is 2.73. The minimum Gasteiger partial charge on any atom is -0.386 e. The lowest BCUT2D eigenvalue weighted by Crippen LogP contribution is -2.43. The second kappa shape index (κ2) is 4.73. The van der Waals surface area contributed by atoms with Gasteiger partial charge in [0.05, 0.1) is 11.5 Å². The number of benzene rings is 1. The van der Waals surface area contributed by atoms with E-state index in [0.29, 0.717) is 13.0 Å². The van der Waals surface area contributed by atoms with Gasteiger partial charge in [-0.2, -0.15) is 0 Å². The number of hydrogen-bond acceptors (Lipinski definition) is 4. The second-order valence-electron chi connectivity index (χ2n) is 4.16. The molecule has 1 aliphatic heterocycles. The molecule has 0 radical (unpaired) electrons. The molecule has 0 aliphatic carbocycles. The number of rotatable bonds is 4. The quantitative estimate of drug-likeness (QED) is 0.803. The Morgan fingerprint density at radius 3 is 2.65 bits per heavy atom. The Morgan fingerprint density at radius 1 is 1.35 bits per heavy atom. The van der Waals surface area contributed by atoms with Crippen molar-refractivity contribution in [3.8, 4) is 0 Å². The number of sulfonamides is 1. The molecule has 0 saturated carbocycles. The molecule has 0 amide bonds. The first-order valence-electron chi connectivity index (χ1n) is 5.37. The molecule has 0 bridgehead atoms. The molecule has 94 valence electrons. The molecule has 0 unspecified atom stereocenters. The highest BCUT2D eigenvalue weighted by molar-refractivity contribution is 7.89. The van der Waals surface area contributed by atoms with Crippen LogP contribution in [0.25, 0.3) is 0 Å². The Hall–Kier alpha value is -0.950. The highest BCUT2D eigenvalue weighted by Crippen LogP contribution is 2.18. The molecule has 1 aromatic rings. The molecule has 1 heterocycles. The van der Waals surface area contributed by atoms with E-state index in [2.05, 4.69) is 4.72 Å². The minimum atomic E-state index is -3.55. The fourth-order valence-corrected chi connectivity index (χ4v) is 2.79. The van der Waals surface area contributed by atoms with Gasteiger partial charge in [0.25, 0.3) is 0 Å². The third kappa shape index (κ3) is 3.04. The van der Waals surface area contributed by atoms with Crippen molar-refractivity contribution in [1.29, 1.82) is 0 Å². The van der Waals surface area contributed by atoms with Crippen LogP contribution in [0.5, 0.6) is 0 Å². The van der Waals surface area contributed by atoms with Crippen LogP contribution < -0.4 is 4.72 Å². The maximum Gasteiger partial charge on any atom is 0.240 e. The summed E-state index contributed by atoms with van der Waals surface area (Å²) in [6.45, 7) is 0.609. The molecule has 0 spiro atoms. The maximum atomic E-state index is 11.9. The van der Waals surface area contributed by atoms with Gasteiger partial charge in [-0.1, -0.05) is 18.2 Å². The van der Waals surface area contributed by atoms with Gasteiger partial charge in [0.2, 0.25) is 10.0 Å². The molecule has 6 heteroatoms. The van der Waals surface area contributed by atoms with E-state index in [1.807, 2.05) is 0 Å². The molecule has 1 aromatic carbocycles. The van der Waals surface area contributed by atoms with Crippen molar-refractivity contribution in [2.45, 2.75) is 16.9 Å². The summed E-state index contributed by atoms with van der Waals surface area (Å²) < 4.78 is 31.2. The lowest BCUT2D eigenvalue weighted by molar-refractivity contribution is 0.0314. The van der Waals surface area contributed by atoms with Gasteiger partial charge in [-0.15, -0.1) is 0 Å². The first-order valence-corrected chi connectivity index (χ1v) is 6.85. The van der Waals surface area contributed by atoms with Crippen LogP contribution in [0.2, 0.25) is 0 Å². The van der Waals surface area contributed by atoms with Crippen molar-refractivity contribution in [2.24, 2.45) is 0 Å². The van der Waals surface area contributed by atoms with Crippen molar-refractivity contribution in [2.75, 3.05) is 19.8 Å². The van der Waals surface area contributed by atoms with Crippen molar-refractivity contribution in [3.05, 3.63) is 30.3 Å². The van der Waals surface area contributed by atoms with E-state index in [1.54, 1.807) is 18.2 Å². The van der Waals surface area contributed by atoms with Crippen LogP contribution >= 0.6 is 0 Å². The van der Waals surface area contributed by atoms with E-state index >= 15 is 0 Å². The van der Waals surface area contributed by atoms with Crippen molar-refractivity contribution < 1.29 is 18.3 Å². The Bertz CT molecular complexity index is 466. The molecule has 1 saturated heterocycles. The van der Waals surface area contributed by atoms with Gasteiger partial charge < -0.3 is 9.84 Å². The van der Waals surface area contributed by atoms with E-state index in [4.69, 9.17) is 4.74 Å². The summed E-state index contributed by atoms with van der Waals surface area (Å²) in [5, 5.41) is 9.95. The molecule has 2 N–H and O–H groups in total. The molecule has 1 aliphatic rings. The normalized spacial score (nSPS) is 25.0. The van der Waals surface area contributed by atoms with Crippen LogP contribution in [0.4, 0.5) is 0 Å². The van der Waals surface area contributed by atoms with Crippen LogP contribution in [-0.2, 0) is 14.8 Å². The summed E-state index contributed by atoms with van der Waals surface area (Å²) in [4.78, 5) is 0.197.